The lowest BCUT2D eigenvalue weighted by Crippen LogP contribution is -2.30. The summed E-state index contributed by atoms with van der Waals surface area (Å²) < 4.78 is 4.97. The first-order valence-electron chi connectivity index (χ1n) is 7.20. The molecule has 0 radical (unpaired) electrons. The topological polar surface area (TPSA) is 46.5 Å². The zero-order valence-corrected chi connectivity index (χ0v) is 11.7. The lowest BCUT2D eigenvalue weighted by molar-refractivity contribution is -0.147. The number of ether oxygens (including phenoxy) is 1. The summed E-state index contributed by atoms with van der Waals surface area (Å²) in [7, 11) is 1.41. The minimum absolute atomic E-state index is 0.00301. The van der Waals surface area contributed by atoms with Crippen molar-refractivity contribution in [2.75, 3.05) is 7.11 Å². The van der Waals surface area contributed by atoms with E-state index < -0.39 is 6.10 Å². The first-order valence-corrected chi connectivity index (χ1v) is 7.20. The Morgan fingerprint density at radius 1 is 1.10 bits per heavy atom. The Balaban J connectivity index is 2.00. The largest absolute Gasteiger partial charge is 0.469 e. The van der Waals surface area contributed by atoms with Crippen molar-refractivity contribution in [3.8, 4) is 11.1 Å². The van der Waals surface area contributed by atoms with Crippen LogP contribution in [0.5, 0.6) is 0 Å². The maximum atomic E-state index is 12.2. The molecule has 21 heavy (non-hydrogen) atoms. The Morgan fingerprint density at radius 3 is 2.62 bits per heavy atom. The third-order valence-electron chi connectivity index (χ3n) is 4.78. The van der Waals surface area contributed by atoms with Gasteiger partial charge in [0.2, 0.25) is 0 Å². The molecule has 0 saturated heterocycles. The van der Waals surface area contributed by atoms with Gasteiger partial charge in [-0.3, -0.25) is 4.79 Å². The average molecular weight is 280 g/mol. The fourth-order valence-electron chi connectivity index (χ4n) is 3.93. The molecular formula is C18H16O3. The smallest absolute Gasteiger partial charge is 0.309 e. The van der Waals surface area contributed by atoms with Gasteiger partial charge in [0, 0.05) is 5.92 Å². The molecule has 2 aliphatic carbocycles. The lowest BCUT2D eigenvalue weighted by Gasteiger charge is -2.32. The van der Waals surface area contributed by atoms with Crippen LogP contribution >= 0.6 is 0 Å². The number of aliphatic hydroxyl groups is 1. The molecule has 0 fully saturated rings. The highest BCUT2D eigenvalue weighted by molar-refractivity contribution is 5.85. The number of methoxy groups -OCH3 is 1. The van der Waals surface area contributed by atoms with Crippen LogP contribution in [0.15, 0.2) is 42.5 Å². The molecule has 3 nitrogen and oxygen atoms in total. The Bertz CT molecular complexity index is 735. The van der Waals surface area contributed by atoms with Crippen LogP contribution in [0.25, 0.3) is 11.1 Å². The van der Waals surface area contributed by atoms with Gasteiger partial charge < -0.3 is 9.84 Å². The number of carbonyl (C=O) groups excluding carboxylic acids is 1. The number of esters is 1. The predicted octanol–water partition coefficient (Wildman–Crippen LogP) is 3.03. The molecule has 0 amide bonds. The summed E-state index contributed by atoms with van der Waals surface area (Å²) in [6.07, 6.45) is -0.183. The number of aliphatic hydroxyl groups excluding tert-OH is 1. The summed E-state index contributed by atoms with van der Waals surface area (Å²) in [4.78, 5) is 12.2. The van der Waals surface area contributed by atoms with Crippen molar-refractivity contribution in [1.29, 1.82) is 0 Å². The first-order chi connectivity index (χ1) is 10.2. The van der Waals surface area contributed by atoms with E-state index in [-0.39, 0.29) is 17.8 Å². The molecule has 3 heteroatoms. The van der Waals surface area contributed by atoms with Gasteiger partial charge >= 0.3 is 5.97 Å². The Hall–Kier alpha value is -2.13. The molecule has 0 unspecified atom stereocenters. The van der Waals surface area contributed by atoms with E-state index in [1.165, 1.54) is 18.2 Å². The molecule has 0 aromatic heterocycles. The third kappa shape index (κ3) is 1.61. The fraction of sp³-hybridized carbons (Fsp3) is 0.278. The Morgan fingerprint density at radius 2 is 1.81 bits per heavy atom. The molecule has 0 bridgehead atoms. The predicted molar refractivity (Wildman–Crippen MR) is 78.8 cm³/mol. The molecule has 4 rings (SSSR count). The molecule has 0 heterocycles. The van der Waals surface area contributed by atoms with Gasteiger partial charge in [0.15, 0.2) is 0 Å². The molecule has 1 N–H and O–H groups in total. The zero-order chi connectivity index (χ0) is 14.6. The van der Waals surface area contributed by atoms with Crippen molar-refractivity contribution in [2.45, 2.75) is 18.4 Å². The van der Waals surface area contributed by atoms with E-state index in [1.807, 2.05) is 24.3 Å². The van der Waals surface area contributed by atoms with E-state index in [2.05, 4.69) is 18.2 Å². The van der Waals surface area contributed by atoms with Gasteiger partial charge in [0.25, 0.3) is 0 Å². The molecule has 2 aromatic rings. The van der Waals surface area contributed by atoms with Crippen LogP contribution < -0.4 is 0 Å². The molecular weight excluding hydrogens is 264 g/mol. The van der Waals surface area contributed by atoms with Crippen molar-refractivity contribution < 1.29 is 14.6 Å². The van der Waals surface area contributed by atoms with E-state index in [0.29, 0.717) is 6.42 Å². The minimum atomic E-state index is -0.602. The standard InChI is InChI=1S/C18H16O3/c1-21-18(20)14-9-15(19)13-8-4-7-12-10-5-2-3-6-11(10)17(14)16(12)13/h2-8,14-15,17,19H,9H2,1H3/t14-,15+,17+/m1/s1. The van der Waals surface area contributed by atoms with E-state index in [9.17, 15) is 9.90 Å². The molecule has 2 aromatic carbocycles. The van der Waals surface area contributed by atoms with Gasteiger partial charge in [0.1, 0.15) is 0 Å². The van der Waals surface area contributed by atoms with Gasteiger partial charge in [-0.1, -0.05) is 42.5 Å². The second-order valence-electron chi connectivity index (χ2n) is 5.75. The number of benzene rings is 2. The van der Waals surface area contributed by atoms with Crippen LogP contribution in [0.3, 0.4) is 0 Å². The summed E-state index contributed by atoms with van der Waals surface area (Å²) in [5, 5.41) is 10.4. The number of carbonyl (C=O) groups is 1. The van der Waals surface area contributed by atoms with Crippen molar-refractivity contribution in [3.05, 3.63) is 59.2 Å². The normalized spacial score (nSPS) is 25.1. The minimum Gasteiger partial charge on any atom is -0.469 e. The number of rotatable bonds is 1. The van der Waals surface area contributed by atoms with Gasteiger partial charge in [-0.2, -0.15) is 0 Å². The molecule has 2 aliphatic rings. The number of fused-ring (bicyclic) bond motifs is 3. The maximum Gasteiger partial charge on any atom is 0.309 e. The summed E-state index contributed by atoms with van der Waals surface area (Å²) >= 11 is 0. The second-order valence-corrected chi connectivity index (χ2v) is 5.75. The summed E-state index contributed by atoms with van der Waals surface area (Å²) in [6.45, 7) is 0. The van der Waals surface area contributed by atoms with Crippen molar-refractivity contribution in [2.24, 2.45) is 5.92 Å². The van der Waals surface area contributed by atoms with Gasteiger partial charge in [0.05, 0.1) is 19.1 Å². The molecule has 3 atom stereocenters. The van der Waals surface area contributed by atoms with Crippen LogP contribution in [0.2, 0.25) is 0 Å². The van der Waals surface area contributed by atoms with Crippen molar-refractivity contribution in [1.82, 2.24) is 0 Å². The Labute approximate surface area is 123 Å². The van der Waals surface area contributed by atoms with Crippen molar-refractivity contribution >= 4 is 5.97 Å². The quantitative estimate of drug-likeness (QED) is 0.817. The fourth-order valence-corrected chi connectivity index (χ4v) is 3.93. The van der Waals surface area contributed by atoms with Crippen LogP contribution in [-0.2, 0) is 9.53 Å². The van der Waals surface area contributed by atoms with E-state index in [4.69, 9.17) is 4.74 Å². The monoisotopic (exact) mass is 280 g/mol. The summed E-state index contributed by atoms with van der Waals surface area (Å²) in [6, 6.07) is 14.2. The third-order valence-corrected chi connectivity index (χ3v) is 4.78. The van der Waals surface area contributed by atoms with E-state index >= 15 is 0 Å². The summed E-state index contributed by atoms with van der Waals surface area (Å²) in [5.41, 5.74) is 5.53. The van der Waals surface area contributed by atoms with E-state index in [0.717, 1.165) is 16.7 Å². The molecule has 106 valence electrons. The van der Waals surface area contributed by atoms with Gasteiger partial charge in [-0.25, -0.2) is 0 Å². The number of hydrogen-bond acceptors (Lipinski definition) is 3. The average Bonchev–Trinajstić information content (AvgIpc) is 2.86. The zero-order valence-electron chi connectivity index (χ0n) is 11.7. The lowest BCUT2D eigenvalue weighted by atomic mass is 9.73. The number of hydrogen-bond donors (Lipinski definition) is 1. The van der Waals surface area contributed by atoms with Crippen LogP contribution in [0.4, 0.5) is 0 Å². The van der Waals surface area contributed by atoms with Crippen LogP contribution in [-0.4, -0.2) is 18.2 Å². The highest BCUT2D eigenvalue weighted by atomic mass is 16.5. The van der Waals surface area contributed by atoms with Crippen LogP contribution in [0.1, 0.15) is 35.1 Å². The second kappa shape index (κ2) is 4.43. The van der Waals surface area contributed by atoms with Gasteiger partial charge in [-0.05, 0) is 34.2 Å². The SMILES string of the molecule is COC(=O)[C@@H]1C[C@H](O)c2cccc3c2[C@H]1c1ccccc1-3. The van der Waals surface area contributed by atoms with Gasteiger partial charge in [-0.15, -0.1) is 0 Å². The van der Waals surface area contributed by atoms with Crippen LogP contribution in [0, 0.1) is 5.92 Å². The Kier molecular flexibility index (Phi) is 2.66. The summed E-state index contributed by atoms with van der Waals surface area (Å²) in [5.74, 6) is -0.554. The van der Waals surface area contributed by atoms with E-state index in [1.54, 1.807) is 0 Å². The highest BCUT2D eigenvalue weighted by Crippen LogP contribution is 2.55. The molecule has 0 spiro atoms. The first kappa shape index (κ1) is 12.6. The molecule has 0 aliphatic heterocycles. The maximum absolute atomic E-state index is 12.2. The van der Waals surface area contributed by atoms with Crippen molar-refractivity contribution in [3.63, 3.8) is 0 Å². The highest BCUT2D eigenvalue weighted by Gasteiger charge is 2.45. The molecule has 0 saturated carbocycles.